The fourth-order valence-electron chi connectivity index (χ4n) is 1.06. The number of ether oxygens (including phenoxy) is 2. The maximum atomic E-state index is 8.73. The maximum absolute atomic E-state index is 8.73. The van der Waals surface area contributed by atoms with E-state index in [1.54, 1.807) is 37.5 Å². The minimum absolute atomic E-state index is 0.260. The van der Waals surface area contributed by atoms with Gasteiger partial charge in [0.1, 0.15) is 18.1 Å². The average molecular weight is 219 g/mol. The highest BCUT2D eigenvalue weighted by Crippen LogP contribution is 2.16. The standard InChI is InChI=1S/C12H13NO3/c1-15-11-2-4-12(5-3-11)16-7-6-10(8-13)9-14/h2-6,14H,7,9H2,1H3/b10-6+. The van der Waals surface area contributed by atoms with E-state index < -0.39 is 0 Å². The van der Waals surface area contributed by atoms with Gasteiger partial charge in [-0.05, 0) is 30.3 Å². The van der Waals surface area contributed by atoms with Crippen LogP contribution in [0.25, 0.3) is 0 Å². The van der Waals surface area contributed by atoms with Crippen LogP contribution in [0.3, 0.4) is 0 Å². The third-order valence-corrected chi connectivity index (χ3v) is 1.95. The molecule has 84 valence electrons. The van der Waals surface area contributed by atoms with Gasteiger partial charge in [0, 0.05) is 0 Å². The third kappa shape index (κ3) is 3.64. The summed E-state index contributed by atoms with van der Waals surface area (Å²) in [6.45, 7) is -0.00173. The molecular formula is C12H13NO3. The van der Waals surface area contributed by atoms with E-state index in [0.29, 0.717) is 11.3 Å². The smallest absolute Gasteiger partial charge is 0.120 e. The molecule has 0 aliphatic rings. The summed E-state index contributed by atoms with van der Waals surface area (Å²) >= 11 is 0. The van der Waals surface area contributed by atoms with Crippen LogP contribution in [0.2, 0.25) is 0 Å². The Morgan fingerprint density at radius 1 is 1.38 bits per heavy atom. The highest BCUT2D eigenvalue weighted by atomic mass is 16.5. The van der Waals surface area contributed by atoms with Crippen molar-refractivity contribution in [2.75, 3.05) is 20.3 Å². The van der Waals surface area contributed by atoms with Crippen LogP contribution >= 0.6 is 0 Å². The van der Waals surface area contributed by atoms with Gasteiger partial charge in [0.2, 0.25) is 0 Å². The number of methoxy groups -OCH3 is 1. The van der Waals surface area contributed by atoms with E-state index in [4.69, 9.17) is 19.8 Å². The third-order valence-electron chi connectivity index (χ3n) is 1.95. The Labute approximate surface area is 94.3 Å². The Morgan fingerprint density at radius 2 is 2.00 bits per heavy atom. The summed E-state index contributed by atoms with van der Waals surface area (Å²) in [5.74, 6) is 1.45. The first-order valence-electron chi connectivity index (χ1n) is 4.77. The molecule has 0 aromatic heterocycles. The second-order valence-corrected chi connectivity index (χ2v) is 2.99. The normalized spacial score (nSPS) is 10.7. The first-order valence-corrected chi connectivity index (χ1v) is 4.77. The Hall–Kier alpha value is -1.99. The number of aliphatic hydroxyl groups is 1. The lowest BCUT2D eigenvalue weighted by molar-refractivity contribution is 0.329. The predicted octanol–water partition coefficient (Wildman–Crippen LogP) is 1.52. The molecule has 0 fully saturated rings. The number of aliphatic hydroxyl groups excluding tert-OH is 1. The second-order valence-electron chi connectivity index (χ2n) is 2.99. The van der Waals surface area contributed by atoms with Gasteiger partial charge in [-0.3, -0.25) is 0 Å². The van der Waals surface area contributed by atoms with Crippen LogP contribution in [-0.4, -0.2) is 25.4 Å². The van der Waals surface area contributed by atoms with Gasteiger partial charge in [-0.1, -0.05) is 0 Å². The molecule has 1 aromatic carbocycles. The molecule has 0 unspecified atom stereocenters. The van der Waals surface area contributed by atoms with Crippen LogP contribution in [0.4, 0.5) is 0 Å². The number of benzene rings is 1. The largest absolute Gasteiger partial charge is 0.497 e. The lowest BCUT2D eigenvalue weighted by Crippen LogP contribution is -1.97. The zero-order valence-corrected chi connectivity index (χ0v) is 9.01. The Morgan fingerprint density at radius 3 is 2.50 bits per heavy atom. The first-order chi connectivity index (χ1) is 7.80. The Balaban J connectivity index is 2.49. The van der Waals surface area contributed by atoms with Crippen LogP contribution < -0.4 is 9.47 Å². The van der Waals surface area contributed by atoms with Gasteiger partial charge in [0.15, 0.2) is 0 Å². The fraction of sp³-hybridized carbons (Fsp3) is 0.250. The molecular weight excluding hydrogens is 206 g/mol. The average Bonchev–Trinajstić information content (AvgIpc) is 2.35. The molecule has 1 rings (SSSR count). The molecule has 0 atom stereocenters. The monoisotopic (exact) mass is 219 g/mol. The van der Waals surface area contributed by atoms with E-state index in [9.17, 15) is 0 Å². The summed E-state index contributed by atoms with van der Waals surface area (Å²) in [6.07, 6.45) is 1.55. The first kappa shape index (κ1) is 12.1. The molecule has 1 N–H and O–H groups in total. The van der Waals surface area contributed by atoms with Crippen LogP contribution in [0, 0.1) is 11.3 Å². The molecule has 16 heavy (non-hydrogen) atoms. The van der Waals surface area contributed by atoms with E-state index in [-0.39, 0.29) is 13.2 Å². The van der Waals surface area contributed by atoms with E-state index in [1.807, 2.05) is 6.07 Å². The molecule has 1 aromatic rings. The minimum Gasteiger partial charge on any atom is -0.497 e. The number of hydrogen-bond acceptors (Lipinski definition) is 4. The molecule has 0 saturated heterocycles. The lowest BCUT2D eigenvalue weighted by atomic mass is 10.3. The zero-order chi connectivity index (χ0) is 11.8. The van der Waals surface area contributed by atoms with Crippen LogP contribution in [0.1, 0.15) is 0 Å². The van der Waals surface area contributed by atoms with Gasteiger partial charge in [-0.2, -0.15) is 5.26 Å². The van der Waals surface area contributed by atoms with Gasteiger partial charge in [0.05, 0.1) is 25.4 Å². The molecule has 0 amide bonds. The van der Waals surface area contributed by atoms with Crippen LogP contribution in [0.15, 0.2) is 35.9 Å². The highest BCUT2D eigenvalue weighted by Gasteiger charge is 1.95. The van der Waals surface area contributed by atoms with Crippen LogP contribution in [-0.2, 0) is 0 Å². The Kier molecular flexibility index (Phi) is 4.90. The number of rotatable bonds is 5. The van der Waals surface area contributed by atoms with Crippen molar-refractivity contribution < 1.29 is 14.6 Å². The van der Waals surface area contributed by atoms with Crippen molar-refractivity contribution in [2.24, 2.45) is 0 Å². The van der Waals surface area contributed by atoms with Gasteiger partial charge < -0.3 is 14.6 Å². The molecule has 4 nitrogen and oxygen atoms in total. The minimum atomic E-state index is -0.261. The summed E-state index contributed by atoms with van der Waals surface area (Å²) in [6, 6.07) is 8.99. The van der Waals surface area contributed by atoms with E-state index in [0.717, 1.165) is 5.75 Å². The van der Waals surface area contributed by atoms with E-state index in [1.165, 1.54) is 0 Å². The molecule has 0 heterocycles. The summed E-state index contributed by atoms with van der Waals surface area (Å²) < 4.78 is 10.3. The predicted molar refractivity (Wildman–Crippen MR) is 59.3 cm³/mol. The van der Waals surface area contributed by atoms with Gasteiger partial charge in [-0.15, -0.1) is 0 Å². The van der Waals surface area contributed by atoms with Crippen molar-refractivity contribution >= 4 is 0 Å². The molecule has 0 aliphatic carbocycles. The Bertz CT molecular complexity index is 390. The summed E-state index contributed by atoms with van der Waals surface area (Å²) in [5, 5.41) is 17.3. The summed E-state index contributed by atoms with van der Waals surface area (Å²) in [7, 11) is 1.60. The fourth-order valence-corrected chi connectivity index (χ4v) is 1.06. The van der Waals surface area contributed by atoms with Crippen molar-refractivity contribution in [3.8, 4) is 17.6 Å². The van der Waals surface area contributed by atoms with Gasteiger partial charge >= 0.3 is 0 Å². The molecule has 4 heteroatoms. The number of nitriles is 1. The van der Waals surface area contributed by atoms with E-state index in [2.05, 4.69) is 0 Å². The molecule has 0 radical (unpaired) electrons. The quantitative estimate of drug-likeness (QED) is 0.762. The molecule has 0 spiro atoms. The topological polar surface area (TPSA) is 62.5 Å². The highest BCUT2D eigenvalue weighted by molar-refractivity contribution is 5.31. The lowest BCUT2D eigenvalue weighted by Gasteiger charge is -2.04. The van der Waals surface area contributed by atoms with Gasteiger partial charge in [-0.25, -0.2) is 0 Å². The second kappa shape index (κ2) is 6.49. The molecule has 0 saturated carbocycles. The van der Waals surface area contributed by atoms with Crippen molar-refractivity contribution in [3.05, 3.63) is 35.9 Å². The van der Waals surface area contributed by atoms with Gasteiger partial charge in [0.25, 0.3) is 0 Å². The summed E-state index contributed by atoms with van der Waals surface area (Å²) in [4.78, 5) is 0. The number of nitrogens with zero attached hydrogens (tertiary/aromatic N) is 1. The SMILES string of the molecule is COc1ccc(OC/C=C(\C#N)CO)cc1. The van der Waals surface area contributed by atoms with E-state index >= 15 is 0 Å². The van der Waals surface area contributed by atoms with Crippen molar-refractivity contribution in [2.45, 2.75) is 0 Å². The molecule has 0 aliphatic heterocycles. The number of hydrogen-bond donors (Lipinski definition) is 1. The maximum Gasteiger partial charge on any atom is 0.120 e. The molecule has 0 bridgehead atoms. The van der Waals surface area contributed by atoms with Crippen molar-refractivity contribution in [1.82, 2.24) is 0 Å². The van der Waals surface area contributed by atoms with Crippen molar-refractivity contribution in [3.63, 3.8) is 0 Å². The zero-order valence-electron chi connectivity index (χ0n) is 9.01. The van der Waals surface area contributed by atoms with Crippen LogP contribution in [0.5, 0.6) is 11.5 Å². The van der Waals surface area contributed by atoms with Crippen molar-refractivity contribution in [1.29, 1.82) is 5.26 Å². The summed E-state index contributed by atoms with van der Waals surface area (Å²) in [5.41, 5.74) is 0.300.